The van der Waals surface area contributed by atoms with E-state index in [-0.39, 0.29) is 0 Å². The maximum absolute atomic E-state index is 12.2. The van der Waals surface area contributed by atoms with Gasteiger partial charge in [0.25, 0.3) is 0 Å². The van der Waals surface area contributed by atoms with Crippen LogP contribution in [0.15, 0.2) is 124 Å². The van der Waals surface area contributed by atoms with Crippen LogP contribution in [0.1, 0.15) is 51.8 Å². The molecule has 0 amide bonds. The number of rotatable bonds is 12. The van der Waals surface area contributed by atoms with Crippen LogP contribution in [-0.4, -0.2) is 33.9 Å². The average Bonchev–Trinajstić information content (AvgIpc) is 2.88. The number of carbonyl (C=O) groups is 3. The Labute approximate surface area is 249 Å². The topological polar surface area (TPSA) is 78.9 Å². The molecule has 3 aromatic carbocycles. The predicted molar refractivity (Wildman–Crippen MR) is 163 cm³/mol. The molecule has 0 aliphatic rings. The third-order valence-electron chi connectivity index (χ3n) is 4.61. The molecule has 0 unspecified atom stereocenters. The van der Waals surface area contributed by atoms with Crippen LogP contribution in [0.25, 0.3) is 0 Å². The summed E-state index contributed by atoms with van der Waals surface area (Å²) < 4.78 is 15.3. The van der Waals surface area contributed by atoms with Gasteiger partial charge in [0.2, 0.25) is 0 Å². The number of hydrogen-bond donors (Lipinski definition) is 0. The first kappa shape index (κ1) is 31.7. The Morgan fingerprint density at radius 3 is 0.925 bits per heavy atom. The Morgan fingerprint density at radius 2 is 0.725 bits per heavy atom. The molecule has 0 N–H and O–H groups in total. The van der Waals surface area contributed by atoms with E-state index in [1.54, 1.807) is 83.7 Å². The normalized spacial score (nSPS) is 10.5. The molecule has 10 heteroatoms. The molecular formula is C30H27O6S3Sb. The van der Waals surface area contributed by atoms with E-state index in [0.29, 0.717) is 34.0 Å². The molecule has 206 valence electrons. The molecule has 0 saturated heterocycles. The fourth-order valence-electron chi connectivity index (χ4n) is 2.92. The summed E-state index contributed by atoms with van der Waals surface area (Å²) in [6.45, 7) is 15.7. The zero-order chi connectivity index (χ0) is 29.2. The van der Waals surface area contributed by atoms with Crippen molar-refractivity contribution in [2.24, 2.45) is 0 Å². The van der Waals surface area contributed by atoms with E-state index in [1.807, 2.05) is 36.4 Å². The Balaban J connectivity index is 1.79. The minimum atomic E-state index is -2.29. The van der Waals surface area contributed by atoms with Gasteiger partial charge in [-0.25, -0.2) is 0 Å². The molecule has 3 aromatic rings. The van der Waals surface area contributed by atoms with E-state index < -0.39 is 33.9 Å². The monoisotopic (exact) mass is 700 g/mol. The first-order valence-electron chi connectivity index (χ1n) is 11.8. The number of benzene rings is 3. The Kier molecular flexibility index (Phi) is 12.1. The molecule has 6 nitrogen and oxygen atoms in total. The third-order valence-corrected chi connectivity index (χ3v) is 24.8. The van der Waals surface area contributed by atoms with Crippen molar-refractivity contribution in [3.8, 4) is 0 Å². The van der Waals surface area contributed by atoms with Crippen LogP contribution in [0.3, 0.4) is 0 Å². The van der Waals surface area contributed by atoms with Crippen molar-refractivity contribution in [3.63, 3.8) is 0 Å². The summed E-state index contributed by atoms with van der Waals surface area (Å²) in [5.74, 6) is -0.320. The number of allylic oxidation sites excluding steroid dienone is 3. The van der Waals surface area contributed by atoms with E-state index in [9.17, 15) is 14.4 Å². The van der Waals surface area contributed by atoms with Gasteiger partial charge in [-0.2, -0.15) is 0 Å². The number of hydrogen-bond acceptors (Lipinski definition) is 9. The number of ether oxygens (including phenoxy) is 3. The van der Waals surface area contributed by atoms with Crippen LogP contribution in [-0.2, 0) is 14.2 Å². The quantitative estimate of drug-likeness (QED) is 0.0801. The fourth-order valence-corrected chi connectivity index (χ4v) is 25.5. The molecule has 0 spiro atoms. The molecule has 0 aromatic heterocycles. The number of esters is 3. The molecule has 0 bridgehead atoms. The van der Waals surface area contributed by atoms with Crippen LogP contribution < -0.4 is 0 Å². The maximum atomic E-state index is 12.2. The molecular weight excluding hydrogens is 674 g/mol. The van der Waals surface area contributed by atoms with Crippen LogP contribution in [0, 0.1) is 0 Å². The van der Waals surface area contributed by atoms with E-state index in [2.05, 4.69) is 19.7 Å². The molecule has 0 saturated carbocycles. The van der Waals surface area contributed by atoms with Crippen molar-refractivity contribution in [2.45, 2.75) is 35.5 Å². The van der Waals surface area contributed by atoms with Gasteiger partial charge >= 0.3 is 251 Å². The van der Waals surface area contributed by atoms with E-state index in [4.69, 9.17) is 14.2 Å². The van der Waals surface area contributed by atoms with Crippen LogP contribution in [0.4, 0.5) is 0 Å². The van der Waals surface area contributed by atoms with E-state index in [1.165, 1.54) is 0 Å². The van der Waals surface area contributed by atoms with Gasteiger partial charge in [0.1, 0.15) is 0 Å². The second kappa shape index (κ2) is 15.2. The van der Waals surface area contributed by atoms with Crippen LogP contribution >= 0.6 is 26.5 Å². The summed E-state index contributed by atoms with van der Waals surface area (Å²) in [5.41, 5.74) is 1.35. The molecule has 0 fully saturated rings. The van der Waals surface area contributed by atoms with E-state index in [0.717, 1.165) is 14.7 Å². The van der Waals surface area contributed by atoms with Gasteiger partial charge in [0.15, 0.2) is 0 Å². The van der Waals surface area contributed by atoms with Crippen molar-refractivity contribution in [1.82, 2.24) is 0 Å². The Hall–Kier alpha value is -2.84. The van der Waals surface area contributed by atoms with Gasteiger partial charge in [-0.05, 0) is 0 Å². The molecule has 0 atom stereocenters. The first-order valence-corrected chi connectivity index (χ1v) is 23.5. The van der Waals surface area contributed by atoms with Gasteiger partial charge in [-0.3, -0.25) is 0 Å². The van der Waals surface area contributed by atoms with Gasteiger partial charge in [0, 0.05) is 0 Å². The van der Waals surface area contributed by atoms with Gasteiger partial charge in [0.05, 0.1) is 0 Å². The fraction of sp³-hybridized carbons (Fsp3) is 0.100. The van der Waals surface area contributed by atoms with Crippen molar-refractivity contribution in [3.05, 3.63) is 127 Å². The standard InChI is InChI=1S/3C10H10O2S.Sb/c3*1-7(2)12-10(11)8-3-5-9(13)6-4-8;/h3*3-6,13H,1H2,2H3;/q;;;+3/p-3. The van der Waals surface area contributed by atoms with Gasteiger partial charge in [-0.15, -0.1) is 0 Å². The third kappa shape index (κ3) is 10.3. The number of carbonyl (C=O) groups excluding carboxylic acids is 3. The SMILES string of the molecule is C=C(C)OC(=O)c1ccc([S][Sb]([S]c2ccc(C(=O)OC(=C)C)cc2)[S]c2ccc(C(=O)OC(=C)C)cc2)cc1. The molecule has 0 heterocycles. The zero-order valence-corrected chi connectivity index (χ0v) is 27.2. The Morgan fingerprint density at radius 1 is 0.500 bits per heavy atom. The van der Waals surface area contributed by atoms with Gasteiger partial charge < -0.3 is 0 Å². The van der Waals surface area contributed by atoms with Crippen LogP contribution in [0.5, 0.6) is 0 Å². The summed E-state index contributed by atoms with van der Waals surface area (Å²) in [4.78, 5) is 39.6. The second-order valence-corrected chi connectivity index (χ2v) is 28.3. The molecule has 0 radical (unpaired) electrons. The van der Waals surface area contributed by atoms with Gasteiger partial charge in [-0.1, -0.05) is 0 Å². The molecule has 3 rings (SSSR count). The Bertz CT molecular complexity index is 1240. The van der Waals surface area contributed by atoms with Crippen molar-refractivity contribution < 1.29 is 28.6 Å². The summed E-state index contributed by atoms with van der Waals surface area (Å²) >= 11 is -2.29. The summed E-state index contributed by atoms with van der Waals surface area (Å²) in [7, 11) is 5.35. The summed E-state index contributed by atoms with van der Waals surface area (Å²) in [6.07, 6.45) is 0. The zero-order valence-electron chi connectivity index (χ0n) is 22.2. The predicted octanol–water partition coefficient (Wildman–Crippen LogP) is 8.42. The first-order chi connectivity index (χ1) is 19.0. The average molecular weight is 702 g/mol. The molecule has 40 heavy (non-hydrogen) atoms. The molecule has 0 aliphatic heterocycles. The molecule has 0 aliphatic carbocycles. The summed E-state index contributed by atoms with van der Waals surface area (Å²) in [5, 5.41) is 0. The van der Waals surface area contributed by atoms with Crippen molar-refractivity contribution in [2.75, 3.05) is 0 Å². The van der Waals surface area contributed by atoms with E-state index >= 15 is 0 Å². The summed E-state index contributed by atoms with van der Waals surface area (Å²) in [6, 6.07) is 21.9. The van der Waals surface area contributed by atoms with Crippen molar-refractivity contribution >= 4 is 60.5 Å². The minimum absolute atomic E-state index is 0.337. The van der Waals surface area contributed by atoms with Crippen molar-refractivity contribution in [1.29, 1.82) is 0 Å². The van der Waals surface area contributed by atoms with Crippen LogP contribution in [0.2, 0.25) is 0 Å². The second-order valence-electron chi connectivity index (χ2n) is 8.35.